The van der Waals surface area contributed by atoms with Crippen molar-refractivity contribution in [2.24, 2.45) is 46.3 Å². The van der Waals surface area contributed by atoms with Crippen molar-refractivity contribution in [2.75, 3.05) is 0 Å². The van der Waals surface area contributed by atoms with Gasteiger partial charge >= 0.3 is 5.97 Å². The predicted molar refractivity (Wildman–Crippen MR) is 164 cm³/mol. The highest BCUT2D eigenvalue weighted by Crippen LogP contribution is 2.67. The van der Waals surface area contributed by atoms with E-state index < -0.39 is 6.10 Å². The number of fused-ring (bicyclic) bond motifs is 5. The molecule has 3 fully saturated rings. The molecule has 0 aliphatic heterocycles. The molecule has 0 saturated heterocycles. The first kappa shape index (κ1) is 29.7. The molecule has 0 radical (unpaired) electrons. The van der Waals surface area contributed by atoms with Crippen LogP contribution in [0.25, 0.3) is 0 Å². The minimum Gasteiger partial charge on any atom is -0.479 e. The van der Waals surface area contributed by atoms with E-state index in [2.05, 4.69) is 40.7 Å². The lowest BCUT2D eigenvalue weighted by atomic mass is 9.47. The van der Waals surface area contributed by atoms with Crippen LogP contribution in [0.4, 0.5) is 0 Å². The lowest BCUT2D eigenvalue weighted by Gasteiger charge is -2.58. The molecule has 3 heteroatoms. The van der Waals surface area contributed by atoms with Crippen LogP contribution in [0, 0.1) is 46.3 Å². The smallest absolute Gasteiger partial charge is 0.347 e. The highest BCUT2D eigenvalue weighted by atomic mass is 16.6. The molecule has 1 aromatic rings. The quantitative estimate of drug-likeness (QED) is 0.216. The van der Waals surface area contributed by atoms with Crippen LogP contribution < -0.4 is 4.74 Å². The zero-order chi connectivity index (χ0) is 28.5. The Labute approximate surface area is 244 Å². The van der Waals surface area contributed by atoms with Gasteiger partial charge < -0.3 is 9.47 Å². The molecule has 0 N–H and O–H groups in total. The third-order valence-electron chi connectivity index (χ3n) is 12.2. The summed E-state index contributed by atoms with van der Waals surface area (Å²) in [5.41, 5.74) is 2.38. The number of ether oxygens (including phenoxy) is 2. The van der Waals surface area contributed by atoms with Gasteiger partial charge in [0.05, 0.1) is 0 Å². The van der Waals surface area contributed by atoms with Crippen LogP contribution in [0.3, 0.4) is 0 Å². The van der Waals surface area contributed by atoms with E-state index in [4.69, 9.17) is 9.47 Å². The van der Waals surface area contributed by atoms with E-state index in [1.165, 1.54) is 51.4 Å². The highest BCUT2D eigenvalue weighted by Gasteiger charge is 2.59. The first-order valence-corrected chi connectivity index (χ1v) is 16.8. The van der Waals surface area contributed by atoms with Crippen LogP contribution in [-0.2, 0) is 9.53 Å². The number of para-hydroxylation sites is 1. The molecular weight excluding hydrogens is 492 g/mol. The van der Waals surface area contributed by atoms with Crippen LogP contribution in [0.2, 0.25) is 0 Å². The molecule has 4 aliphatic rings. The number of allylic oxidation sites excluding steroid dienone is 1. The maximum Gasteiger partial charge on any atom is 0.347 e. The fourth-order valence-electron chi connectivity index (χ4n) is 9.95. The third kappa shape index (κ3) is 5.78. The summed E-state index contributed by atoms with van der Waals surface area (Å²) >= 11 is 0. The van der Waals surface area contributed by atoms with E-state index in [1.807, 2.05) is 37.3 Å². The van der Waals surface area contributed by atoms with Gasteiger partial charge in [0.1, 0.15) is 11.9 Å². The number of hydrogen-bond donors (Lipinski definition) is 0. The molecule has 3 nitrogen and oxygen atoms in total. The van der Waals surface area contributed by atoms with Gasteiger partial charge in [0.2, 0.25) is 0 Å². The van der Waals surface area contributed by atoms with Gasteiger partial charge in [0.25, 0.3) is 0 Å². The lowest BCUT2D eigenvalue weighted by Crippen LogP contribution is -2.51. The van der Waals surface area contributed by atoms with Crippen molar-refractivity contribution in [1.82, 2.24) is 0 Å². The monoisotopic (exact) mass is 548 g/mol. The van der Waals surface area contributed by atoms with Gasteiger partial charge in [-0.1, -0.05) is 90.7 Å². The lowest BCUT2D eigenvalue weighted by molar-refractivity contribution is -0.160. The minimum atomic E-state index is -0.542. The zero-order valence-corrected chi connectivity index (χ0v) is 26.3. The van der Waals surface area contributed by atoms with Gasteiger partial charge in [-0.3, -0.25) is 0 Å². The largest absolute Gasteiger partial charge is 0.479 e. The summed E-state index contributed by atoms with van der Waals surface area (Å²) in [6.07, 6.45) is 16.8. The number of carbonyl (C=O) groups is 1. The molecule has 5 rings (SSSR count). The van der Waals surface area contributed by atoms with Crippen molar-refractivity contribution in [3.05, 3.63) is 42.0 Å². The first-order chi connectivity index (χ1) is 19.2. The Morgan fingerprint density at radius 2 is 1.75 bits per heavy atom. The molecule has 0 aromatic heterocycles. The number of hydrogen-bond acceptors (Lipinski definition) is 3. The summed E-state index contributed by atoms with van der Waals surface area (Å²) in [4.78, 5) is 13.1. The molecule has 3 saturated carbocycles. The summed E-state index contributed by atoms with van der Waals surface area (Å²) in [5.74, 6) is 5.63. The Balaban J connectivity index is 1.22. The van der Waals surface area contributed by atoms with Crippen molar-refractivity contribution in [3.63, 3.8) is 0 Å². The van der Waals surface area contributed by atoms with Gasteiger partial charge in [-0.05, 0) is 110 Å². The fraction of sp³-hybridized carbons (Fsp3) is 0.757. The second-order valence-electron chi connectivity index (χ2n) is 14.9. The molecule has 0 amide bonds. The van der Waals surface area contributed by atoms with Gasteiger partial charge in [-0.15, -0.1) is 0 Å². The zero-order valence-electron chi connectivity index (χ0n) is 26.3. The van der Waals surface area contributed by atoms with Crippen LogP contribution >= 0.6 is 0 Å². The summed E-state index contributed by atoms with van der Waals surface area (Å²) < 4.78 is 12.1. The maximum absolute atomic E-state index is 13.1. The van der Waals surface area contributed by atoms with Crippen LogP contribution in [0.1, 0.15) is 119 Å². The predicted octanol–water partition coefficient (Wildman–Crippen LogP) is 9.80. The van der Waals surface area contributed by atoms with Crippen LogP contribution in [0.15, 0.2) is 42.0 Å². The Kier molecular flexibility index (Phi) is 9.08. The molecular formula is C37H56O3. The van der Waals surface area contributed by atoms with Gasteiger partial charge in [0, 0.05) is 6.42 Å². The second kappa shape index (κ2) is 12.2. The molecule has 0 heterocycles. The van der Waals surface area contributed by atoms with Crippen molar-refractivity contribution in [2.45, 2.75) is 131 Å². The average molecular weight is 549 g/mol. The summed E-state index contributed by atoms with van der Waals surface area (Å²) in [6, 6.07) is 9.64. The first-order valence-electron chi connectivity index (χ1n) is 16.8. The van der Waals surface area contributed by atoms with Gasteiger partial charge in [-0.25, -0.2) is 4.79 Å². The Hall–Kier alpha value is -1.77. The summed E-state index contributed by atoms with van der Waals surface area (Å²) in [7, 11) is 0. The summed E-state index contributed by atoms with van der Waals surface area (Å²) in [5, 5.41) is 0. The topological polar surface area (TPSA) is 35.5 Å². The van der Waals surface area contributed by atoms with Crippen molar-refractivity contribution >= 4 is 5.97 Å². The van der Waals surface area contributed by atoms with E-state index in [-0.39, 0.29) is 17.5 Å². The van der Waals surface area contributed by atoms with Gasteiger partial charge in [0.15, 0.2) is 6.10 Å². The fourth-order valence-corrected chi connectivity index (χ4v) is 9.95. The number of benzene rings is 1. The molecule has 9 unspecified atom stereocenters. The Morgan fingerprint density at radius 3 is 2.48 bits per heavy atom. The van der Waals surface area contributed by atoms with E-state index in [0.29, 0.717) is 11.8 Å². The van der Waals surface area contributed by atoms with Crippen LogP contribution in [0.5, 0.6) is 5.75 Å². The number of rotatable bonds is 10. The molecule has 0 bridgehead atoms. The summed E-state index contributed by atoms with van der Waals surface area (Å²) in [6.45, 7) is 14.5. The van der Waals surface area contributed by atoms with E-state index in [0.717, 1.165) is 60.5 Å². The molecule has 1 aromatic carbocycles. The number of carbonyl (C=O) groups excluding carboxylic acids is 1. The van der Waals surface area contributed by atoms with E-state index in [9.17, 15) is 4.79 Å². The standard InChI is InChI=1S/C37H56O3/c1-7-34(39-28-14-9-8-10-15-28)35(38)40-29-20-22-36(5)27(24-29)16-17-30-32-19-18-31(26(4)13-11-12-25(2)3)37(32,6)23-21-33(30)36/h8-10,14-16,25-26,29-34H,7,11-13,17-24H2,1-6H3. The van der Waals surface area contributed by atoms with Gasteiger partial charge in [-0.2, -0.15) is 0 Å². The molecule has 0 spiro atoms. The molecule has 222 valence electrons. The Morgan fingerprint density at radius 1 is 0.975 bits per heavy atom. The second-order valence-corrected chi connectivity index (χ2v) is 14.9. The van der Waals surface area contributed by atoms with E-state index in [1.54, 1.807) is 5.57 Å². The normalized spacial score (nSPS) is 36.6. The maximum atomic E-state index is 13.1. The Bertz CT molecular complexity index is 1030. The van der Waals surface area contributed by atoms with Crippen LogP contribution in [-0.4, -0.2) is 18.2 Å². The van der Waals surface area contributed by atoms with E-state index >= 15 is 0 Å². The average Bonchev–Trinajstić information content (AvgIpc) is 3.29. The number of esters is 1. The molecule has 4 aliphatic carbocycles. The molecule has 40 heavy (non-hydrogen) atoms. The molecule has 9 atom stereocenters. The minimum absolute atomic E-state index is 0.0202. The SMILES string of the molecule is CCC(Oc1ccccc1)C(=O)OC1CCC2(C)C(=CCC3C2CCC2(C)C(C(C)CCCC(C)C)CCC32)C1. The highest BCUT2D eigenvalue weighted by molar-refractivity contribution is 5.75. The van der Waals surface area contributed by atoms with Crippen molar-refractivity contribution in [3.8, 4) is 5.75 Å². The van der Waals surface area contributed by atoms with Crippen molar-refractivity contribution in [1.29, 1.82) is 0 Å². The van der Waals surface area contributed by atoms with Crippen molar-refractivity contribution < 1.29 is 14.3 Å². The third-order valence-corrected chi connectivity index (χ3v) is 12.2.